The van der Waals surface area contributed by atoms with Crippen LogP contribution in [0.1, 0.15) is 6.42 Å². The lowest BCUT2D eigenvalue weighted by Gasteiger charge is -2.15. The molecule has 1 atom stereocenters. The zero-order chi connectivity index (χ0) is 9.97. The van der Waals surface area contributed by atoms with E-state index >= 15 is 0 Å². The topological polar surface area (TPSA) is 38.2 Å². The first kappa shape index (κ1) is 9.68. The first-order valence-electron chi connectivity index (χ1n) is 4.55. The minimum absolute atomic E-state index is 0.300. The number of rotatable bonds is 2. The van der Waals surface area contributed by atoms with Gasteiger partial charge in [-0.15, -0.1) is 0 Å². The highest BCUT2D eigenvalue weighted by Crippen LogP contribution is 2.17. The molecule has 1 aromatic rings. The van der Waals surface area contributed by atoms with Crippen LogP contribution in [0.5, 0.6) is 0 Å². The van der Waals surface area contributed by atoms with Gasteiger partial charge in [-0.3, -0.25) is 0 Å². The molecule has 1 aliphatic heterocycles. The highest BCUT2D eigenvalue weighted by atomic mass is 35.5. The van der Waals surface area contributed by atoms with Gasteiger partial charge < -0.3 is 9.64 Å². The fourth-order valence-corrected chi connectivity index (χ4v) is 1.67. The molecule has 0 amide bonds. The molecular formula is C9H12ClN3O. The van der Waals surface area contributed by atoms with E-state index in [1.165, 1.54) is 0 Å². The van der Waals surface area contributed by atoms with Gasteiger partial charge in [0, 0.05) is 20.2 Å². The average Bonchev–Trinajstić information content (AvgIpc) is 2.67. The summed E-state index contributed by atoms with van der Waals surface area (Å²) in [6, 6.07) is 0. The van der Waals surface area contributed by atoms with Crippen LogP contribution in [-0.4, -0.2) is 36.3 Å². The first-order valence-corrected chi connectivity index (χ1v) is 4.92. The zero-order valence-electron chi connectivity index (χ0n) is 7.98. The van der Waals surface area contributed by atoms with Crippen LogP contribution < -0.4 is 4.90 Å². The zero-order valence-corrected chi connectivity index (χ0v) is 8.74. The fraction of sp³-hybridized carbons (Fsp3) is 0.556. The van der Waals surface area contributed by atoms with E-state index in [1.54, 1.807) is 19.5 Å². The Morgan fingerprint density at radius 3 is 2.79 bits per heavy atom. The molecule has 2 heterocycles. The van der Waals surface area contributed by atoms with Gasteiger partial charge in [0.05, 0.1) is 23.5 Å². The number of halogens is 1. The van der Waals surface area contributed by atoms with Crippen LogP contribution in [0.3, 0.4) is 0 Å². The maximum atomic E-state index is 5.71. The van der Waals surface area contributed by atoms with Gasteiger partial charge in [-0.2, -0.15) is 0 Å². The van der Waals surface area contributed by atoms with Crippen LogP contribution in [0.2, 0.25) is 5.02 Å². The van der Waals surface area contributed by atoms with Crippen LogP contribution in [0.15, 0.2) is 12.4 Å². The van der Waals surface area contributed by atoms with Gasteiger partial charge in [0.2, 0.25) is 5.95 Å². The molecular weight excluding hydrogens is 202 g/mol. The largest absolute Gasteiger partial charge is 0.380 e. The molecule has 0 N–H and O–H groups in total. The standard InChI is InChI=1S/C9H12ClN3O/c1-14-8-2-3-13(6-8)9-11-4-7(10)5-12-9/h4-5,8H,2-3,6H2,1H3/t8-/m0/s1. The Hall–Kier alpha value is -0.870. The second-order valence-corrected chi connectivity index (χ2v) is 3.73. The summed E-state index contributed by atoms with van der Waals surface area (Å²) >= 11 is 5.71. The second-order valence-electron chi connectivity index (χ2n) is 3.29. The number of hydrogen-bond donors (Lipinski definition) is 0. The molecule has 76 valence electrons. The molecule has 1 aromatic heterocycles. The molecule has 2 rings (SSSR count). The summed E-state index contributed by atoms with van der Waals surface area (Å²) in [5.74, 6) is 0.731. The van der Waals surface area contributed by atoms with Crippen LogP contribution in [0.4, 0.5) is 5.95 Å². The predicted molar refractivity (Wildman–Crippen MR) is 54.7 cm³/mol. The number of ether oxygens (including phenoxy) is 1. The Morgan fingerprint density at radius 2 is 2.21 bits per heavy atom. The van der Waals surface area contributed by atoms with E-state index in [0.717, 1.165) is 25.5 Å². The van der Waals surface area contributed by atoms with Gasteiger partial charge in [-0.05, 0) is 6.42 Å². The Kier molecular flexibility index (Phi) is 2.84. The molecule has 14 heavy (non-hydrogen) atoms. The summed E-state index contributed by atoms with van der Waals surface area (Å²) in [5, 5.41) is 0.566. The molecule has 0 aliphatic carbocycles. The molecule has 1 saturated heterocycles. The van der Waals surface area contributed by atoms with Crippen molar-refractivity contribution in [2.75, 3.05) is 25.1 Å². The lowest BCUT2D eigenvalue weighted by atomic mass is 10.3. The van der Waals surface area contributed by atoms with Crippen LogP contribution in [-0.2, 0) is 4.74 Å². The Bertz CT molecular complexity index is 303. The molecule has 5 heteroatoms. The van der Waals surface area contributed by atoms with E-state index in [9.17, 15) is 0 Å². The third kappa shape index (κ3) is 1.96. The SMILES string of the molecule is CO[C@H]1CCN(c2ncc(Cl)cn2)C1. The van der Waals surface area contributed by atoms with E-state index in [0.29, 0.717) is 11.1 Å². The smallest absolute Gasteiger partial charge is 0.225 e. The Morgan fingerprint density at radius 1 is 1.50 bits per heavy atom. The second kappa shape index (κ2) is 4.11. The van der Waals surface area contributed by atoms with Crippen molar-refractivity contribution >= 4 is 17.5 Å². The molecule has 1 aliphatic rings. The van der Waals surface area contributed by atoms with Crippen molar-refractivity contribution in [1.82, 2.24) is 9.97 Å². The highest BCUT2D eigenvalue weighted by Gasteiger charge is 2.23. The Labute approximate surface area is 87.9 Å². The molecule has 0 spiro atoms. The Balaban J connectivity index is 2.06. The normalized spacial score (nSPS) is 21.6. The minimum atomic E-state index is 0.300. The van der Waals surface area contributed by atoms with E-state index in [4.69, 9.17) is 16.3 Å². The van der Waals surface area contributed by atoms with E-state index in [2.05, 4.69) is 14.9 Å². The maximum absolute atomic E-state index is 5.71. The van der Waals surface area contributed by atoms with Gasteiger partial charge in [0.25, 0.3) is 0 Å². The summed E-state index contributed by atoms with van der Waals surface area (Å²) < 4.78 is 5.26. The summed E-state index contributed by atoms with van der Waals surface area (Å²) in [6.07, 6.45) is 4.56. The number of methoxy groups -OCH3 is 1. The van der Waals surface area contributed by atoms with Gasteiger partial charge in [0.15, 0.2) is 0 Å². The summed E-state index contributed by atoms with van der Waals surface area (Å²) in [4.78, 5) is 10.4. The number of nitrogens with zero attached hydrogens (tertiary/aromatic N) is 3. The van der Waals surface area contributed by atoms with Crippen LogP contribution in [0, 0.1) is 0 Å². The van der Waals surface area contributed by atoms with E-state index in [1.807, 2.05) is 0 Å². The number of anilines is 1. The lowest BCUT2D eigenvalue weighted by Crippen LogP contribution is -2.23. The third-order valence-corrected chi connectivity index (χ3v) is 2.56. The fourth-order valence-electron chi connectivity index (χ4n) is 1.57. The van der Waals surface area contributed by atoms with E-state index < -0.39 is 0 Å². The molecule has 0 unspecified atom stereocenters. The molecule has 1 fully saturated rings. The first-order chi connectivity index (χ1) is 6.79. The number of hydrogen-bond acceptors (Lipinski definition) is 4. The highest BCUT2D eigenvalue weighted by molar-refractivity contribution is 6.30. The minimum Gasteiger partial charge on any atom is -0.380 e. The van der Waals surface area contributed by atoms with Crippen molar-refractivity contribution < 1.29 is 4.74 Å². The maximum Gasteiger partial charge on any atom is 0.225 e. The summed E-state index contributed by atoms with van der Waals surface area (Å²) in [5.41, 5.74) is 0. The average molecular weight is 214 g/mol. The molecule has 0 saturated carbocycles. The van der Waals surface area contributed by atoms with Gasteiger partial charge in [-0.25, -0.2) is 9.97 Å². The van der Waals surface area contributed by atoms with Crippen molar-refractivity contribution in [3.05, 3.63) is 17.4 Å². The quantitative estimate of drug-likeness (QED) is 0.744. The van der Waals surface area contributed by atoms with Crippen molar-refractivity contribution in [1.29, 1.82) is 0 Å². The van der Waals surface area contributed by atoms with E-state index in [-0.39, 0.29) is 0 Å². The van der Waals surface area contributed by atoms with Crippen molar-refractivity contribution in [3.8, 4) is 0 Å². The predicted octanol–water partition coefficient (Wildman–Crippen LogP) is 1.36. The van der Waals surface area contributed by atoms with Gasteiger partial charge in [-0.1, -0.05) is 11.6 Å². The molecule has 0 aromatic carbocycles. The number of aromatic nitrogens is 2. The van der Waals surface area contributed by atoms with Crippen molar-refractivity contribution in [2.45, 2.75) is 12.5 Å². The summed E-state index contributed by atoms with van der Waals surface area (Å²) in [6.45, 7) is 1.80. The third-order valence-electron chi connectivity index (χ3n) is 2.37. The molecule has 0 radical (unpaired) electrons. The van der Waals surface area contributed by atoms with Gasteiger partial charge in [0.1, 0.15) is 0 Å². The van der Waals surface area contributed by atoms with Crippen molar-refractivity contribution in [2.24, 2.45) is 0 Å². The summed E-state index contributed by atoms with van der Waals surface area (Å²) in [7, 11) is 1.73. The molecule has 4 nitrogen and oxygen atoms in total. The molecule has 0 bridgehead atoms. The van der Waals surface area contributed by atoms with Crippen LogP contribution >= 0.6 is 11.6 Å². The van der Waals surface area contributed by atoms with Crippen LogP contribution in [0.25, 0.3) is 0 Å². The van der Waals surface area contributed by atoms with Crippen molar-refractivity contribution in [3.63, 3.8) is 0 Å². The monoisotopic (exact) mass is 213 g/mol. The van der Waals surface area contributed by atoms with Gasteiger partial charge >= 0.3 is 0 Å². The lowest BCUT2D eigenvalue weighted by molar-refractivity contribution is 0.121.